The van der Waals surface area contributed by atoms with Crippen molar-refractivity contribution in [3.63, 3.8) is 0 Å². The molecular weight excluding hydrogens is 404 g/mol. The second kappa shape index (κ2) is 6.72. The molecule has 1 aliphatic rings. The van der Waals surface area contributed by atoms with E-state index in [-0.39, 0.29) is 12.2 Å². The van der Waals surface area contributed by atoms with Crippen LogP contribution in [-0.2, 0) is 24.2 Å². The van der Waals surface area contributed by atoms with Crippen LogP contribution in [0, 0.1) is 0 Å². The molecule has 0 saturated heterocycles. The second-order valence-electron chi connectivity index (χ2n) is 5.94. The third kappa shape index (κ3) is 3.14. The standard InChI is InChI=1S/C18H15BrN2O3S/c19-13-6-2-1-5-12(13)17(23)24-10-11-9-16(22)21-14-7-3-4-8-15(14)25-18(21)20-11/h1-2,5-6,9H,3-4,7-8,10H2. The van der Waals surface area contributed by atoms with Gasteiger partial charge in [-0.2, -0.15) is 0 Å². The number of benzene rings is 1. The Morgan fingerprint density at radius 2 is 2.08 bits per heavy atom. The van der Waals surface area contributed by atoms with E-state index in [0.717, 1.165) is 31.4 Å². The van der Waals surface area contributed by atoms with Gasteiger partial charge in [0.1, 0.15) is 6.61 Å². The first-order valence-electron chi connectivity index (χ1n) is 8.08. The number of aromatic nitrogens is 2. The Hall–Kier alpha value is -1.99. The Morgan fingerprint density at radius 3 is 2.92 bits per heavy atom. The number of carbonyl (C=O) groups excluding carboxylic acids is 1. The molecule has 0 unspecified atom stereocenters. The van der Waals surface area contributed by atoms with E-state index < -0.39 is 5.97 Å². The molecule has 3 aromatic rings. The molecular formula is C18H15BrN2O3S. The van der Waals surface area contributed by atoms with E-state index in [1.165, 1.54) is 10.9 Å². The number of aryl methyl sites for hydroxylation is 2. The van der Waals surface area contributed by atoms with Gasteiger partial charge in [0.05, 0.1) is 11.3 Å². The van der Waals surface area contributed by atoms with E-state index in [0.29, 0.717) is 20.7 Å². The lowest BCUT2D eigenvalue weighted by Gasteiger charge is -2.10. The number of hydrogen-bond acceptors (Lipinski definition) is 5. The van der Waals surface area contributed by atoms with Gasteiger partial charge in [0.2, 0.25) is 0 Å². The molecule has 0 saturated carbocycles. The summed E-state index contributed by atoms with van der Waals surface area (Å²) in [7, 11) is 0. The fraction of sp³-hybridized carbons (Fsp3) is 0.278. The Labute approximate surface area is 156 Å². The number of fused-ring (bicyclic) bond motifs is 3. The maximum absolute atomic E-state index is 12.5. The summed E-state index contributed by atoms with van der Waals surface area (Å²) >= 11 is 4.90. The van der Waals surface area contributed by atoms with Crippen LogP contribution < -0.4 is 5.56 Å². The van der Waals surface area contributed by atoms with Crippen molar-refractivity contribution in [1.82, 2.24) is 9.38 Å². The van der Waals surface area contributed by atoms with Crippen LogP contribution in [0.1, 0.15) is 39.5 Å². The summed E-state index contributed by atoms with van der Waals surface area (Å²) in [6, 6.07) is 8.53. The number of nitrogens with zero attached hydrogens (tertiary/aromatic N) is 2. The highest BCUT2D eigenvalue weighted by Crippen LogP contribution is 2.28. The molecule has 0 bridgehead atoms. The van der Waals surface area contributed by atoms with Gasteiger partial charge in [-0.05, 0) is 53.7 Å². The zero-order valence-corrected chi connectivity index (χ0v) is 15.7. The summed E-state index contributed by atoms with van der Waals surface area (Å²) in [5.41, 5.74) is 1.92. The number of halogens is 1. The summed E-state index contributed by atoms with van der Waals surface area (Å²) in [4.78, 5) is 31.1. The molecule has 0 aliphatic heterocycles. The third-order valence-electron chi connectivity index (χ3n) is 4.26. The van der Waals surface area contributed by atoms with Crippen molar-refractivity contribution in [3.8, 4) is 0 Å². The number of ether oxygens (including phenoxy) is 1. The number of carbonyl (C=O) groups is 1. The SMILES string of the molecule is O=C(OCc1cc(=O)n2c3c(sc2n1)CCCC3)c1ccccc1Br. The molecule has 2 aromatic heterocycles. The van der Waals surface area contributed by atoms with Crippen LogP contribution in [0.4, 0.5) is 0 Å². The smallest absolute Gasteiger partial charge is 0.339 e. The van der Waals surface area contributed by atoms with Crippen molar-refractivity contribution in [2.24, 2.45) is 0 Å². The third-order valence-corrected chi connectivity index (χ3v) is 6.09. The molecule has 7 heteroatoms. The minimum Gasteiger partial charge on any atom is -0.456 e. The van der Waals surface area contributed by atoms with Crippen molar-refractivity contribution in [2.45, 2.75) is 32.3 Å². The molecule has 4 rings (SSSR count). The molecule has 0 N–H and O–H groups in total. The average molecular weight is 419 g/mol. The van der Waals surface area contributed by atoms with Crippen molar-refractivity contribution in [3.05, 3.63) is 67.0 Å². The van der Waals surface area contributed by atoms with Gasteiger partial charge in [-0.25, -0.2) is 9.78 Å². The fourth-order valence-electron chi connectivity index (χ4n) is 3.06. The number of hydrogen-bond donors (Lipinski definition) is 0. The first-order valence-corrected chi connectivity index (χ1v) is 9.69. The van der Waals surface area contributed by atoms with Crippen LogP contribution in [-0.4, -0.2) is 15.4 Å². The maximum atomic E-state index is 12.5. The quantitative estimate of drug-likeness (QED) is 0.607. The molecule has 1 aromatic carbocycles. The molecule has 0 atom stereocenters. The summed E-state index contributed by atoms with van der Waals surface area (Å²) in [6.45, 7) is -0.0194. The van der Waals surface area contributed by atoms with Crippen molar-refractivity contribution >= 4 is 38.2 Å². The number of esters is 1. The lowest BCUT2D eigenvalue weighted by atomic mass is 10.0. The molecule has 0 radical (unpaired) electrons. The molecule has 2 heterocycles. The van der Waals surface area contributed by atoms with E-state index in [1.807, 2.05) is 6.07 Å². The van der Waals surface area contributed by atoms with Crippen molar-refractivity contribution in [1.29, 1.82) is 0 Å². The van der Waals surface area contributed by atoms with Crippen LogP contribution in [0.2, 0.25) is 0 Å². The molecule has 5 nitrogen and oxygen atoms in total. The minimum absolute atomic E-state index is 0.0194. The number of rotatable bonds is 3. The minimum atomic E-state index is -0.444. The van der Waals surface area contributed by atoms with Gasteiger partial charge in [0, 0.05) is 21.1 Å². The topological polar surface area (TPSA) is 60.7 Å². The molecule has 1 aliphatic carbocycles. The van der Waals surface area contributed by atoms with Crippen LogP contribution in [0.25, 0.3) is 4.96 Å². The zero-order valence-electron chi connectivity index (χ0n) is 13.3. The van der Waals surface area contributed by atoms with Gasteiger partial charge in [-0.1, -0.05) is 12.1 Å². The van der Waals surface area contributed by atoms with Gasteiger partial charge in [-0.3, -0.25) is 9.20 Å². The van der Waals surface area contributed by atoms with E-state index in [1.54, 1.807) is 33.9 Å². The first kappa shape index (κ1) is 16.5. The van der Waals surface area contributed by atoms with E-state index in [4.69, 9.17) is 4.74 Å². The normalized spacial score (nSPS) is 13.6. The van der Waals surface area contributed by atoms with Gasteiger partial charge in [0.25, 0.3) is 5.56 Å². The summed E-state index contributed by atoms with van der Waals surface area (Å²) < 4.78 is 7.71. The highest BCUT2D eigenvalue weighted by molar-refractivity contribution is 9.10. The van der Waals surface area contributed by atoms with Crippen LogP contribution in [0.5, 0.6) is 0 Å². The lowest BCUT2D eigenvalue weighted by molar-refractivity contribution is 0.0466. The van der Waals surface area contributed by atoms with Crippen LogP contribution >= 0.6 is 27.3 Å². The summed E-state index contributed by atoms with van der Waals surface area (Å²) in [5, 5.41) is 0. The Kier molecular flexibility index (Phi) is 4.43. The van der Waals surface area contributed by atoms with Gasteiger partial charge in [-0.15, -0.1) is 11.3 Å². The average Bonchev–Trinajstić information content (AvgIpc) is 2.99. The largest absolute Gasteiger partial charge is 0.456 e. The van der Waals surface area contributed by atoms with Crippen LogP contribution in [0.15, 0.2) is 39.6 Å². The van der Waals surface area contributed by atoms with Crippen molar-refractivity contribution in [2.75, 3.05) is 0 Å². The molecule has 0 amide bonds. The Bertz CT molecular complexity index is 1020. The molecule has 25 heavy (non-hydrogen) atoms. The predicted octanol–water partition coefficient (Wildman–Crippen LogP) is 3.75. The highest BCUT2D eigenvalue weighted by atomic mass is 79.9. The maximum Gasteiger partial charge on any atom is 0.339 e. The number of thiazole rings is 1. The molecule has 0 spiro atoms. The van der Waals surface area contributed by atoms with Gasteiger partial charge < -0.3 is 4.74 Å². The molecule has 0 fully saturated rings. The van der Waals surface area contributed by atoms with Gasteiger partial charge in [0.15, 0.2) is 4.96 Å². The van der Waals surface area contributed by atoms with E-state index in [2.05, 4.69) is 20.9 Å². The van der Waals surface area contributed by atoms with Gasteiger partial charge >= 0.3 is 5.97 Å². The summed E-state index contributed by atoms with van der Waals surface area (Å²) in [6.07, 6.45) is 4.20. The zero-order chi connectivity index (χ0) is 17.4. The predicted molar refractivity (Wildman–Crippen MR) is 99.2 cm³/mol. The molecule has 128 valence electrons. The lowest BCUT2D eigenvalue weighted by Crippen LogP contribution is -2.18. The van der Waals surface area contributed by atoms with E-state index in [9.17, 15) is 9.59 Å². The second-order valence-corrected chi connectivity index (χ2v) is 7.86. The fourth-order valence-corrected chi connectivity index (χ4v) is 4.74. The Balaban J connectivity index is 1.59. The highest BCUT2D eigenvalue weighted by Gasteiger charge is 2.19. The van der Waals surface area contributed by atoms with Crippen LogP contribution in [0.3, 0.4) is 0 Å². The van der Waals surface area contributed by atoms with Crippen molar-refractivity contribution < 1.29 is 9.53 Å². The monoisotopic (exact) mass is 418 g/mol. The van der Waals surface area contributed by atoms with E-state index >= 15 is 0 Å². The first-order chi connectivity index (χ1) is 12.1. The Morgan fingerprint density at radius 1 is 1.28 bits per heavy atom. The summed E-state index contributed by atoms with van der Waals surface area (Å²) in [5.74, 6) is -0.444.